The van der Waals surface area contributed by atoms with Crippen molar-refractivity contribution in [1.29, 1.82) is 0 Å². The molecule has 1 aliphatic rings. The Balaban J connectivity index is 2.03. The van der Waals surface area contributed by atoms with Gasteiger partial charge in [0.05, 0.1) is 37.0 Å². The van der Waals surface area contributed by atoms with Crippen molar-refractivity contribution in [1.82, 2.24) is 14.7 Å². The molecule has 1 aliphatic heterocycles. The van der Waals surface area contributed by atoms with Crippen molar-refractivity contribution in [2.75, 3.05) is 13.1 Å². The second-order valence-corrected chi connectivity index (χ2v) is 3.88. The van der Waals surface area contributed by atoms with Crippen LogP contribution in [-0.4, -0.2) is 38.6 Å². The maximum absolute atomic E-state index is 12.6. The number of nitrogens with zero attached hydrogens (tertiary/aromatic N) is 4. The van der Waals surface area contributed by atoms with Gasteiger partial charge in [-0.1, -0.05) is 0 Å². The van der Waals surface area contributed by atoms with Gasteiger partial charge in [0.2, 0.25) is 0 Å². The monoisotopic (exact) mass is 232 g/mol. The van der Waals surface area contributed by atoms with Crippen molar-refractivity contribution in [2.45, 2.75) is 12.5 Å². The summed E-state index contributed by atoms with van der Waals surface area (Å²) < 4.78 is 26.4. The zero-order valence-electron chi connectivity index (χ0n) is 8.56. The number of likely N-dealkylation sites (tertiary alicyclic amines) is 1. The van der Waals surface area contributed by atoms with Gasteiger partial charge in [0.25, 0.3) is 5.92 Å². The zero-order valence-corrected chi connectivity index (χ0v) is 8.56. The van der Waals surface area contributed by atoms with Crippen LogP contribution in [0.5, 0.6) is 0 Å². The van der Waals surface area contributed by atoms with Crippen molar-refractivity contribution in [2.24, 2.45) is 7.05 Å². The Kier molecular flexibility index (Phi) is 2.38. The van der Waals surface area contributed by atoms with Crippen molar-refractivity contribution in [3.8, 4) is 0 Å². The fourth-order valence-corrected chi connectivity index (χ4v) is 1.68. The average Bonchev–Trinajstić information content (AvgIpc) is 2.45. The lowest BCUT2D eigenvalue weighted by molar-refractivity contribution is -0.389. The number of hydrogen-bond acceptors (Lipinski definition) is 4. The molecule has 8 heteroatoms. The Hall–Kier alpha value is -1.57. The topological polar surface area (TPSA) is 64.2 Å². The summed E-state index contributed by atoms with van der Waals surface area (Å²) in [5.74, 6) is -2.88. The lowest BCUT2D eigenvalue weighted by atomic mass is 10.1. The third-order valence-corrected chi connectivity index (χ3v) is 2.45. The van der Waals surface area contributed by atoms with Crippen LogP contribution < -0.4 is 0 Å². The van der Waals surface area contributed by atoms with Crippen molar-refractivity contribution < 1.29 is 13.7 Å². The molecule has 0 spiro atoms. The second-order valence-electron chi connectivity index (χ2n) is 3.88. The molecule has 88 valence electrons. The standard InChI is InChI=1S/C8H10F2N4O2/c1-12-6(2-7(11-12)14(15)16)3-13-4-8(9,10)5-13/h2H,3-5H2,1H3. The minimum absolute atomic E-state index is 0.257. The molecular formula is C8H10F2N4O2. The van der Waals surface area contributed by atoms with Gasteiger partial charge < -0.3 is 10.1 Å². The van der Waals surface area contributed by atoms with Crippen molar-refractivity contribution in [3.63, 3.8) is 0 Å². The van der Waals surface area contributed by atoms with Gasteiger partial charge >= 0.3 is 5.82 Å². The molecule has 0 bridgehead atoms. The number of halogens is 2. The Morgan fingerprint density at radius 1 is 1.62 bits per heavy atom. The van der Waals surface area contributed by atoms with Gasteiger partial charge in [0.15, 0.2) is 0 Å². The molecule has 1 aromatic rings. The molecule has 2 heterocycles. The number of alkyl halides is 2. The smallest absolute Gasteiger partial charge is 0.358 e. The van der Waals surface area contributed by atoms with Gasteiger partial charge in [0.1, 0.15) is 0 Å². The molecule has 1 fully saturated rings. The highest BCUT2D eigenvalue weighted by molar-refractivity contribution is 5.22. The Labute approximate surface area is 89.6 Å². The number of hydrogen-bond donors (Lipinski definition) is 0. The fraction of sp³-hybridized carbons (Fsp3) is 0.625. The highest BCUT2D eigenvalue weighted by Crippen LogP contribution is 2.28. The van der Waals surface area contributed by atoms with Crippen LogP contribution in [0.2, 0.25) is 0 Å². The van der Waals surface area contributed by atoms with Gasteiger partial charge in [-0.3, -0.25) is 4.90 Å². The van der Waals surface area contributed by atoms with Gasteiger partial charge in [0, 0.05) is 6.54 Å². The summed E-state index contributed by atoms with van der Waals surface area (Å²) in [5, 5.41) is 14.1. The van der Waals surface area contributed by atoms with Gasteiger partial charge in [-0.05, 0) is 4.92 Å². The first-order valence-electron chi connectivity index (χ1n) is 4.65. The van der Waals surface area contributed by atoms with E-state index in [0.29, 0.717) is 5.69 Å². The number of aryl methyl sites for hydroxylation is 1. The van der Waals surface area contributed by atoms with Crippen LogP contribution in [-0.2, 0) is 13.6 Å². The largest absolute Gasteiger partial charge is 0.390 e. The normalized spacial score (nSPS) is 19.4. The summed E-state index contributed by atoms with van der Waals surface area (Å²) in [5.41, 5.74) is 0.558. The first-order valence-corrected chi connectivity index (χ1v) is 4.65. The van der Waals surface area contributed by atoms with E-state index in [0.717, 1.165) is 0 Å². The first-order chi connectivity index (χ1) is 7.37. The van der Waals surface area contributed by atoms with Crippen LogP contribution in [0.1, 0.15) is 5.69 Å². The third kappa shape index (κ3) is 2.01. The van der Waals surface area contributed by atoms with E-state index in [1.807, 2.05) is 0 Å². The SMILES string of the molecule is Cn1nc([N+](=O)[O-])cc1CN1CC(F)(F)C1. The molecule has 0 amide bonds. The van der Waals surface area contributed by atoms with E-state index in [2.05, 4.69) is 5.10 Å². The maximum Gasteiger partial charge on any atom is 0.390 e. The van der Waals surface area contributed by atoms with Crippen LogP contribution >= 0.6 is 0 Å². The Bertz CT molecular complexity index is 424. The fourth-order valence-electron chi connectivity index (χ4n) is 1.68. The molecule has 0 N–H and O–H groups in total. The molecule has 6 nitrogen and oxygen atoms in total. The van der Waals surface area contributed by atoms with E-state index in [4.69, 9.17) is 0 Å². The molecule has 0 atom stereocenters. The van der Waals surface area contributed by atoms with E-state index in [1.165, 1.54) is 15.6 Å². The zero-order chi connectivity index (χ0) is 11.9. The molecule has 16 heavy (non-hydrogen) atoms. The van der Waals surface area contributed by atoms with Crippen LogP contribution in [0, 0.1) is 10.1 Å². The van der Waals surface area contributed by atoms with Gasteiger partial charge in [-0.15, -0.1) is 0 Å². The lowest BCUT2D eigenvalue weighted by Crippen LogP contribution is -2.55. The predicted molar refractivity (Wildman–Crippen MR) is 50.1 cm³/mol. The molecule has 2 rings (SSSR count). The predicted octanol–water partition coefficient (Wildman–Crippen LogP) is 0.779. The van der Waals surface area contributed by atoms with Crippen molar-refractivity contribution in [3.05, 3.63) is 21.9 Å². The molecule has 0 saturated carbocycles. The molecule has 1 aromatic heterocycles. The summed E-state index contributed by atoms with van der Waals surface area (Å²) in [6.45, 7) is -0.342. The third-order valence-electron chi connectivity index (χ3n) is 2.45. The van der Waals surface area contributed by atoms with Crippen LogP contribution in [0.15, 0.2) is 6.07 Å². The molecular weight excluding hydrogens is 222 g/mol. The summed E-state index contributed by atoms with van der Waals surface area (Å²) >= 11 is 0. The summed E-state index contributed by atoms with van der Waals surface area (Å²) in [4.78, 5) is 11.3. The molecule has 1 saturated heterocycles. The highest BCUT2D eigenvalue weighted by Gasteiger charge is 2.43. The van der Waals surface area contributed by atoms with E-state index in [1.54, 1.807) is 7.05 Å². The highest BCUT2D eigenvalue weighted by atomic mass is 19.3. The number of rotatable bonds is 3. The van der Waals surface area contributed by atoms with Gasteiger partial charge in [-0.2, -0.15) is 4.68 Å². The molecule has 0 unspecified atom stereocenters. The Morgan fingerprint density at radius 2 is 2.25 bits per heavy atom. The number of nitro groups is 1. The number of aromatic nitrogens is 2. The molecule has 0 aliphatic carbocycles. The maximum atomic E-state index is 12.6. The van der Waals surface area contributed by atoms with Crippen LogP contribution in [0.25, 0.3) is 0 Å². The van der Waals surface area contributed by atoms with E-state index >= 15 is 0 Å². The van der Waals surface area contributed by atoms with Gasteiger partial charge in [-0.25, -0.2) is 8.78 Å². The van der Waals surface area contributed by atoms with Crippen molar-refractivity contribution >= 4 is 5.82 Å². The minimum Gasteiger partial charge on any atom is -0.358 e. The molecule has 0 aromatic carbocycles. The summed E-state index contributed by atoms with van der Waals surface area (Å²) in [7, 11) is 1.56. The van der Waals surface area contributed by atoms with E-state index in [-0.39, 0.29) is 25.5 Å². The van der Waals surface area contributed by atoms with Crippen LogP contribution in [0.4, 0.5) is 14.6 Å². The van der Waals surface area contributed by atoms with Crippen LogP contribution in [0.3, 0.4) is 0 Å². The minimum atomic E-state index is -2.62. The Morgan fingerprint density at radius 3 is 2.69 bits per heavy atom. The quantitative estimate of drug-likeness (QED) is 0.570. The molecule has 0 radical (unpaired) electrons. The second kappa shape index (κ2) is 3.48. The van der Waals surface area contributed by atoms with E-state index in [9.17, 15) is 18.9 Å². The average molecular weight is 232 g/mol. The lowest BCUT2D eigenvalue weighted by Gasteiger charge is -2.38. The summed E-state index contributed by atoms with van der Waals surface area (Å²) in [6.07, 6.45) is 0. The summed E-state index contributed by atoms with van der Waals surface area (Å²) in [6, 6.07) is 1.30. The first kappa shape index (κ1) is 10.9. The van der Waals surface area contributed by atoms with E-state index < -0.39 is 10.8 Å².